The van der Waals surface area contributed by atoms with Crippen LogP contribution in [0.2, 0.25) is 0 Å². The Morgan fingerprint density at radius 1 is 1.31 bits per heavy atom. The maximum Gasteiger partial charge on any atom is 0.242 e. The molecule has 2 aromatic rings. The number of likely N-dealkylation sites (N-methyl/N-ethyl adjacent to an activating group) is 1. The van der Waals surface area contributed by atoms with E-state index in [9.17, 15) is 9.18 Å². The number of aryl methyl sites for hydroxylation is 1. The van der Waals surface area contributed by atoms with Gasteiger partial charge in [-0.1, -0.05) is 0 Å². The highest BCUT2D eigenvalue weighted by Gasteiger charge is 2.50. The molecule has 2 aliphatic rings. The summed E-state index contributed by atoms with van der Waals surface area (Å²) in [6.07, 6.45) is 4.26. The number of pyridine rings is 1. The fraction of sp³-hybridized carbons (Fsp3) is 0.455. The van der Waals surface area contributed by atoms with Crippen molar-refractivity contribution < 1.29 is 13.9 Å². The zero-order valence-electron chi connectivity index (χ0n) is 17.0. The van der Waals surface area contributed by atoms with Gasteiger partial charge in [0.2, 0.25) is 5.91 Å². The molecule has 5 nitrogen and oxygen atoms in total. The first kappa shape index (κ1) is 21.5. The second kappa shape index (κ2) is 8.28. The van der Waals surface area contributed by atoms with Crippen molar-refractivity contribution in [1.29, 1.82) is 0 Å². The molecule has 2 atom stereocenters. The zero-order chi connectivity index (χ0) is 19.9. The summed E-state index contributed by atoms with van der Waals surface area (Å²) in [5, 5.41) is 3.54. The predicted molar refractivity (Wildman–Crippen MR) is 113 cm³/mol. The van der Waals surface area contributed by atoms with Gasteiger partial charge in [-0.3, -0.25) is 15.1 Å². The van der Waals surface area contributed by atoms with Gasteiger partial charge < -0.3 is 9.64 Å². The summed E-state index contributed by atoms with van der Waals surface area (Å²) >= 11 is 0. The first-order chi connectivity index (χ1) is 13.4. The number of aromatic nitrogens is 1. The Kier molecular flexibility index (Phi) is 6.15. The summed E-state index contributed by atoms with van der Waals surface area (Å²) in [5.74, 6) is 0.527. The minimum Gasteiger partial charge on any atom is -0.494 e. The third kappa shape index (κ3) is 3.83. The number of halogens is 2. The minimum atomic E-state index is -0.466. The highest BCUT2D eigenvalue weighted by atomic mass is 35.5. The van der Waals surface area contributed by atoms with E-state index < -0.39 is 5.54 Å². The van der Waals surface area contributed by atoms with E-state index in [0.29, 0.717) is 17.9 Å². The quantitative estimate of drug-likeness (QED) is 0.812. The molecule has 1 spiro atoms. The van der Waals surface area contributed by atoms with Gasteiger partial charge in [0, 0.05) is 25.4 Å². The van der Waals surface area contributed by atoms with Crippen molar-refractivity contribution >= 4 is 18.3 Å². The van der Waals surface area contributed by atoms with Crippen LogP contribution in [0.4, 0.5) is 4.39 Å². The molecule has 0 bridgehead atoms. The Morgan fingerprint density at radius 2 is 2.10 bits per heavy atom. The Labute approximate surface area is 177 Å². The Balaban J connectivity index is 0.00000240. The predicted octanol–water partition coefficient (Wildman–Crippen LogP) is 4.04. The van der Waals surface area contributed by atoms with Gasteiger partial charge in [0.15, 0.2) is 0 Å². The Morgan fingerprint density at radius 3 is 2.79 bits per heavy atom. The van der Waals surface area contributed by atoms with E-state index in [1.54, 1.807) is 23.2 Å². The fourth-order valence-corrected chi connectivity index (χ4v) is 4.38. The van der Waals surface area contributed by atoms with Crippen LogP contribution < -0.4 is 10.1 Å². The first-order valence-corrected chi connectivity index (χ1v) is 9.86. The molecule has 2 aliphatic heterocycles. The lowest BCUT2D eigenvalue weighted by Crippen LogP contribution is -2.47. The molecule has 1 aromatic carbocycles. The summed E-state index contributed by atoms with van der Waals surface area (Å²) in [6.45, 7) is 5.14. The molecule has 4 rings (SSSR count). The molecule has 2 fully saturated rings. The number of nitrogens with zero attached hydrogens (tertiary/aromatic N) is 2. The number of carbonyl (C=O) groups is 1. The van der Waals surface area contributed by atoms with Gasteiger partial charge in [-0.2, -0.15) is 0 Å². The number of nitrogens with one attached hydrogen (secondary N) is 1. The highest BCUT2D eigenvalue weighted by molar-refractivity contribution is 5.88. The van der Waals surface area contributed by atoms with Crippen LogP contribution in [-0.4, -0.2) is 41.5 Å². The summed E-state index contributed by atoms with van der Waals surface area (Å²) < 4.78 is 20.1. The molecule has 1 N–H and O–H groups in total. The van der Waals surface area contributed by atoms with Crippen molar-refractivity contribution in [3.63, 3.8) is 0 Å². The molecule has 29 heavy (non-hydrogen) atoms. The molecule has 0 radical (unpaired) electrons. The van der Waals surface area contributed by atoms with Gasteiger partial charge in [0.25, 0.3) is 0 Å². The van der Waals surface area contributed by atoms with E-state index in [4.69, 9.17) is 4.74 Å². The molecule has 1 amide bonds. The molecule has 3 heterocycles. The third-order valence-corrected chi connectivity index (χ3v) is 5.96. The van der Waals surface area contributed by atoms with E-state index in [2.05, 4.69) is 10.3 Å². The van der Waals surface area contributed by atoms with Gasteiger partial charge in [-0.05, 0) is 68.5 Å². The number of ether oxygens (including phenoxy) is 1. The monoisotopic (exact) mass is 419 g/mol. The van der Waals surface area contributed by atoms with Gasteiger partial charge in [-0.15, -0.1) is 12.4 Å². The minimum absolute atomic E-state index is 0. The van der Waals surface area contributed by atoms with Crippen LogP contribution in [0.5, 0.6) is 5.75 Å². The molecular formula is C22H27ClFN3O2. The molecule has 7 heteroatoms. The van der Waals surface area contributed by atoms with Crippen LogP contribution in [0.15, 0.2) is 30.5 Å². The zero-order valence-corrected chi connectivity index (χ0v) is 17.8. The first-order valence-electron chi connectivity index (χ1n) is 9.86. The third-order valence-electron chi connectivity index (χ3n) is 5.96. The standard InChI is InChI=1S/C22H26FN3O2.ClH/c1-4-28-15-5-6-18(23)17(11-15)16-12-20(24-13-14(16)2)19-7-8-22(25-19)9-10-26(3)21(22)27;/h5-6,11-13,19,25H,4,7-10H2,1-3H3;1H/t19-,22+;/m1./s1. The average Bonchev–Trinajstić information content (AvgIpc) is 3.24. The summed E-state index contributed by atoms with van der Waals surface area (Å²) in [7, 11) is 1.85. The largest absolute Gasteiger partial charge is 0.494 e. The van der Waals surface area contributed by atoms with Crippen LogP contribution in [0, 0.1) is 12.7 Å². The van der Waals surface area contributed by atoms with Crippen molar-refractivity contribution in [3.8, 4) is 16.9 Å². The molecule has 1 aromatic heterocycles. The molecule has 0 unspecified atom stereocenters. The van der Waals surface area contributed by atoms with Crippen LogP contribution in [0.3, 0.4) is 0 Å². The van der Waals surface area contributed by atoms with Crippen molar-refractivity contribution in [2.75, 3.05) is 20.2 Å². The number of carbonyl (C=O) groups excluding carboxylic acids is 1. The lowest BCUT2D eigenvalue weighted by molar-refractivity contribution is -0.131. The summed E-state index contributed by atoms with van der Waals surface area (Å²) in [5.41, 5.74) is 2.60. The second-order valence-electron chi connectivity index (χ2n) is 7.79. The molecular weight excluding hydrogens is 393 g/mol. The number of benzene rings is 1. The summed E-state index contributed by atoms with van der Waals surface area (Å²) in [6, 6.07) is 6.76. The number of rotatable bonds is 4. The highest BCUT2D eigenvalue weighted by Crippen LogP contribution is 2.40. The number of likely N-dealkylation sites (tertiary alicyclic amines) is 1. The maximum absolute atomic E-state index is 14.6. The van der Waals surface area contributed by atoms with E-state index in [1.165, 1.54) is 6.07 Å². The van der Waals surface area contributed by atoms with E-state index in [0.717, 1.165) is 42.6 Å². The SMILES string of the molecule is CCOc1ccc(F)c(-c2cc([C@H]3CC[C@@]4(CCN(C)C4=O)N3)ncc2C)c1.Cl. The van der Waals surface area contributed by atoms with Crippen LogP contribution in [-0.2, 0) is 4.79 Å². The van der Waals surface area contributed by atoms with Crippen LogP contribution in [0.1, 0.15) is 43.5 Å². The van der Waals surface area contributed by atoms with Crippen LogP contribution in [0.25, 0.3) is 11.1 Å². The normalized spacial score (nSPS) is 23.5. The molecule has 0 aliphatic carbocycles. The fourth-order valence-electron chi connectivity index (χ4n) is 4.38. The lowest BCUT2D eigenvalue weighted by atomic mass is 9.96. The second-order valence-corrected chi connectivity index (χ2v) is 7.79. The smallest absolute Gasteiger partial charge is 0.242 e. The van der Waals surface area contributed by atoms with Gasteiger partial charge in [0.05, 0.1) is 18.3 Å². The lowest BCUT2D eigenvalue weighted by Gasteiger charge is -2.23. The molecule has 0 saturated carbocycles. The van der Waals surface area contributed by atoms with Crippen molar-refractivity contribution in [2.45, 2.75) is 44.7 Å². The van der Waals surface area contributed by atoms with Gasteiger partial charge in [0.1, 0.15) is 17.1 Å². The van der Waals surface area contributed by atoms with Crippen molar-refractivity contribution in [2.24, 2.45) is 0 Å². The van der Waals surface area contributed by atoms with Crippen LogP contribution >= 0.6 is 12.4 Å². The Hall–Kier alpha value is -2.18. The topological polar surface area (TPSA) is 54.5 Å². The number of hydrogen-bond donors (Lipinski definition) is 1. The molecule has 2 saturated heterocycles. The van der Waals surface area contributed by atoms with E-state index in [-0.39, 0.29) is 30.2 Å². The van der Waals surface area contributed by atoms with E-state index >= 15 is 0 Å². The maximum atomic E-state index is 14.6. The van der Waals surface area contributed by atoms with E-state index in [1.807, 2.05) is 27.0 Å². The van der Waals surface area contributed by atoms with Crippen molar-refractivity contribution in [3.05, 3.63) is 47.5 Å². The summed E-state index contributed by atoms with van der Waals surface area (Å²) in [4.78, 5) is 19.0. The number of hydrogen-bond acceptors (Lipinski definition) is 4. The molecule has 156 valence electrons. The van der Waals surface area contributed by atoms with Crippen molar-refractivity contribution in [1.82, 2.24) is 15.2 Å². The van der Waals surface area contributed by atoms with Gasteiger partial charge in [-0.25, -0.2) is 4.39 Å². The number of amides is 1. The average molecular weight is 420 g/mol. The Bertz CT molecular complexity index is 923. The van der Waals surface area contributed by atoms with Gasteiger partial charge >= 0.3 is 0 Å².